The zero-order valence-electron chi connectivity index (χ0n) is 9.66. The van der Waals surface area contributed by atoms with Crippen molar-refractivity contribution in [1.82, 2.24) is 4.98 Å². The van der Waals surface area contributed by atoms with Crippen LogP contribution >= 0.6 is 23.2 Å². The first-order chi connectivity index (χ1) is 8.56. The van der Waals surface area contributed by atoms with Gasteiger partial charge in [0.15, 0.2) is 11.5 Å². The second-order valence-corrected chi connectivity index (χ2v) is 4.20. The normalized spacial score (nSPS) is 10.4. The molecule has 1 heterocycles. The number of methoxy groups -OCH3 is 2. The minimum atomic E-state index is -0.649. The Morgan fingerprint density at radius 3 is 2.33 bits per heavy atom. The number of hydrogen-bond acceptors (Lipinski definition) is 4. The summed E-state index contributed by atoms with van der Waals surface area (Å²) in [6, 6.07) is 4.96. The molecule has 0 saturated carbocycles. The molecule has 0 aliphatic carbocycles. The van der Waals surface area contributed by atoms with Crippen LogP contribution in [-0.2, 0) is 0 Å². The zero-order chi connectivity index (χ0) is 13.3. The highest BCUT2D eigenvalue weighted by atomic mass is 35.5. The summed E-state index contributed by atoms with van der Waals surface area (Å²) in [5, 5.41) is 0.111. The molecule has 6 heteroatoms. The number of pyridine rings is 1. The maximum absolute atomic E-state index is 11.2. The van der Waals surface area contributed by atoms with Gasteiger partial charge in [-0.25, -0.2) is 4.98 Å². The summed E-state index contributed by atoms with van der Waals surface area (Å²) >= 11 is 11.3. The Balaban J connectivity index is 2.73. The molecule has 0 aliphatic rings. The summed E-state index contributed by atoms with van der Waals surface area (Å²) in [5.41, 5.74) is 0.761. The van der Waals surface area contributed by atoms with Gasteiger partial charge < -0.3 is 9.47 Å². The Labute approximate surface area is 113 Å². The van der Waals surface area contributed by atoms with E-state index in [-0.39, 0.29) is 10.7 Å². The fourth-order valence-electron chi connectivity index (χ4n) is 1.62. The van der Waals surface area contributed by atoms with Crippen molar-refractivity contribution in [1.29, 1.82) is 0 Å². The highest BCUT2D eigenvalue weighted by molar-refractivity contribution is 6.68. The van der Waals surface area contributed by atoms with Gasteiger partial charge in [0, 0.05) is 11.5 Å². The molecule has 0 fully saturated rings. The average Bonchev–Trinajstić information content (AvgIpc) is 2.36. The standard InChI is InChI=1S/C12H9Cl2NO3/c1-17-9-4-6-3-7(12(14)16)11(13)15-8(6)5-10(9)18-2/h3-5H,1-2H3. The van der Waals surface area contributed by atoms with Crippen LogP contribution in [0.5, 0.6) is 11.5 Å². The van der Waals surface area contributed by atoms with Crippen molar-refractivity contribution >= 4 is 39.3 Å². The molecule has 18 heavy (non-hydrogen) atoms. The van der Waals surface area contributed by atoms with E-state index in [0.29, 0.717) is 22.4 Å². The first kappa shape index (κ1) is 12.9. The molecule has 1 aromatic carbocycles. The van der Waals surface area contributed by atoms with Crippen molar-refractivity contribution in [2.75, 3.05) is 14.2 Å². The number of carbonyl (C=O) groups is 1. The molecule has 0 saturated heterocycles. The molecule has 0 aliphatic heterocycles. The summed E-state index contributed by atoms with van der Waals surface area (Å²) in [7, 11) is 3.06. The third kappa shape index (κ3) is 2.21. The summed E-state index contributed by atoms with van der Waals surface area (Å²) in [6.07, 6.45) is 0. The molecule has 4 nitrogen and oxygen atoms in total. The molecule has 0 N–H and O–H groups in total. The van der Waals surface area contributed by atoms with Gasteiger partial charge in [-0.2, -0.15) is 0 Å². The van der Waals surface area contributed by atoms with Gasteiger partial charge in [-0.3, -0.25) is 4.79 Å². The molecular formula is C12H9Cl2NO3. The van der Waals surface area contributed by atoms with Crippen LogP contribution in [0.15, 0.2) is 18.2 Å². The van der Waals surface area contributed by atoms with E-state index in [1.165, 1.54) is 14.2 Å². The van der Waals surface area contributed by atoms with Crippen molar-refractivity contribution < 1.29 is 14.3 Å². The maximum Gasteiger partial charge on any atom is 0.255 e. The summed E-state index contributed by atoms with van der Waals surface area (Å²) in [5.74, 6) is 1.08. The van der Waals surface area contributed by atoms with Gasteiger partial charge in [0.1, 0.15) is 5.15 Å². The monoisotopic (exact) mass is 285 g/mol. The molecular weight excluding hydrogens is 277 g/mol. The number of benzene rings is 1. The Morgan fingerprint density at radius 2 is 1.78 bits per heavy atom. The highest BCUT2D eigenvalue weighted by Gasteiger charge is 2.13. The van der Waals surface area contributed by atoms with Gasteiger partial charge in [0.2, 0.25) is 0 Å². The molecule has 0 atom stereocenters. The lowest BCUT2D eigenvalue weighted by Gasteiger charge is -2.09. The van der Waals surface area contributed by atoms with Gasteiger partial charge >= 0.3 is 0 Å². The van der Waals surface area contributed by atoms with Crippen molar-refractivity contribution in [2.45, 2.75) is 0 Å². The van der Waals surface area contributed by atoms with Gasteiger partial charge in [0.05, 0.1) is 25.3 Å². The van der Waals surface area contributed by atoms with Crippen LogP contribution in [0, 0.1) is 0 Å². The lowest BCUT2D eigenvalue weighted by Crippen LogP contribution is -1.96. The van der Waals surface area contributed by atoms with Crippen LogP contribution in [0.25, 0.3) is 10.9 Å². The molecule has 0 amide bonds. The van der Waals surface area contributed by atoms with Crippen LogP contribution in [0.2, 0.25) is 5.15 Å². The topological polar surface area (TPSA) is 48.4 Å². The Bertz CT molecular complexity index is 628. The molecule has 0 bridgehead atoms. The number of halogens is 2. The van der Waals surface area contributed by atoms with Crippen molar-refractivity contribution in [3.05, 3.63) is 28.9 Å². The van der Waals surface area contributed by atoms with Crippen molar-refractivity contribution in [3.8, 4) is 11.5 Å². The van der Waals surface area contributed by atoms with Crippen LogP contribution in [0.1, 0.15) is 10.4 Å². The van der Waals surface area contributed by atoms with Gasteiger partial charge in [0.25, 0.3) is 5.24 Å². The average molecular weight is 286 g/mol. The van der Waals surface area contributed by atoms with Crippen molar-refractivity contribution in [3.63, 3.8) is 0 Å². The van der Waals surface area contributed by atoms with E-state index >= 15 is 0 Å². The van der Waals surface area contributed by atoms with Crippen molar-refractivity contribution in [2.24, 2.45) is 0 Å². The SMILES string of the molecule is COc1cc2cc(C(=O)Cl)c(Cl)nc2cc1OC. The number of fused-ring (bicyclic) bond motifs is 1. The van der Waals surface area contributed by atoms with Gasteiger partial charge in [-0.1, -0.05) is 11.6 Å². The van der Waals surface area contributed by atoms with Crippen LogP contribution in [0.4, 0.5) is 0 Å². The maximum atomic E-state index is 11.2. The predicted octanol–water partition coefficient (Wildman–Crippen LogP) is 3.28. The second-order valence-electron chi connectivity index (χ2n) is 3.50. The van der Waals surface area contributed by atoms with Crippen LogP contribution in [0.3, 0.4) is 0 Å². The van der Waals surface area contributed by atoms with E-state index in [1.807, 2.05) is 0 Å². The minimum Gasteiger partial charge on any atom is -0.493 e. The number of rotatable bonds is 3. The van der Waals surface area contributed by atoms with E-state index in [2.05, 4.69) is 4.98 Å². The third-order valence-corrected chi connectivity index (χ3v) is 2.98. The summed E-state index contributed by atoms with van der Waals surface area (Å²) in [6.45, 7) is 0. The third-order valence-electron chi connectivity index (χ3n) is 2.49. The molecule has 0 radical (unpaired) electrons. The zero-order valence-corrected chi connectivity index (χ0v) is 11.2. The number of hydrogen-bond donors (Lipinski definition) is 0. The Hall–Kier alpha value is -1.52. The fourth-order valence-corrected chi connectivity index (χ4v) is 2.04. The first-order valence-electron chi connectivity index (χ1n) is 4.99. The van der Waals surface area contributed by atoms with E-state index < -0.39 is 5.24 Å². The van der Waals surface area contributed by atoms with E-state index in [4.69, 9.17) is 32.7 Å². The quantitative estimate of drug-likeness (QED) is 0.641. The number of aromatic nitrogens is 1. The van der Waals surface area contributed by atoms with E-state index in [9.17, 15) is 4.79 Å². The van der Waals surface area contributed by atoms with Crippen LogP contribution in [-0.4, -0.2) is 24.4 Å². The fraction of sp³-hybridized carbons (Fsp3) is 0.167. The highest BCUT2D eigenvalue weighted by Crippen LogP contribution is 2.33. The van der Waals surface area contributed by atoms with Crippen LogP contribution < -0.4 is 9.47 Å². The molecule has 2 rings (SSSR count). The number of carbonyl (C=O) groups excluding carboxylic acids is 1. The molecule has 0 unspecified atom stereocenters. The van der Waals surface area contributed by atoms with E-state index in [1.54, 1.807) is 18.2 Å². The van der Waals surface area contributed by atoms with E-state index in [0.717, 1.165) is 0 Å². The predicted molar refractivity (Wildman–Crippen MR) is 70.0 cm³/mol. The summed E-state index contributed by atoms with van der Waals surface area (Å²) < 4.78 is 10.3. The Morgan fingerprint density at radius 1 is 1.17 bits per heavy atom. The molecule has 94 valence electrons. The second kappa shape index (κ2) is 5.00. The van der Waals surface area contributed by atoms with Gasteiger partial charge in [-0.05, 0) is 23.7 Å². The lowest BCUT2D eigenvalue weighted by atomic mass is 10.1. The number of ether oxygens (including phenoxy) is 2. The molecule has 1 aromatic heterocycles. The summed E-state index contributed by atoms with van der Waals surface area (Å²) in [4.78, 5) is 15.3. The largest absolute Gasteiger partial charge is 0.493 e. The minimum absolute atomic E-state index is 0.0646. The smallest absolute Gasteiger partial charge is 0.255 e. The van der Waals surface area contributed by atoms with Gasteiger partial charge in [-0.15, -0.1) is 0 Å². The molecule has 2 aromatic rings. The number of nitrogens with zero attached hydrogens (tertiary/aromatic N) is 1. The molecule has 0 spiro atoms. The lowest BCUT2D eigenvalue weighted by molar-refractivity contribution is 0.108. The first-order valence-corrected chi connectivity index (χ1v) is 5.74. The Kier molecular flexibility index (Phi) is 3.59.